The molecule has 8 nitrogen and oxygen atoms in total. The molecule has 0 spiro atoms. The number of anilines is 1. The summed E-state index contributed by atoms with van der Waals surface area (Å²) in [6.45, 7) is 2.09. The quantitative estimate of drug-likeness (QED) is 0.621. The van der Waals surface area contributed by atoms with E-state index in [9.17, 15) is 14.4 Å². The van der Waals surface area contributed by atoms with Crippen molar-refractivity contribution in [1.82, 2.24) is 4.90 Å². The van der Waals surface area contributed by atoms with Crippen LogP contribution in [0.5, 0.6) is 0 Å². The lowest BCUT2D eigenvalue weighted by atomic mass is 10.1. The molecule has 1 saturated heterocycles. The number of carbonyl (C=O) groups excluding carboxylic acids is 3. The van der Waals surface area contributed by atoms with Gasteiger partial charge in [0.15, 0.2) is 0 Å². The Labute approximate surface area is 145 Å². The number of hydrogen-bond acceptors (Lipinski definition) is 7. The van der Waals surface area contributed by atoms with Gasteiger partial charge < -0.3 is 24.4 Å². The molecule has 1 aromatic rings. The maximum atomic E-state index is 12.5. The highest BCUT2D eigenvalue weighted by Gasteiger charge is 2.19. The largest absolute Gasteiger partial charge is 0.466 e. The first-order valence-corrected chi connectivity index (χ1v) is 7.67. The Balaban J connectivity index is 2.18. The number of nitrogens with one attached hydrogen (secondary N) is 1. The third-order valence-electron chi connectivity index (χ3n) is 3.56. The summed E-state index contributed by atoms with van der Waals surface area (Å²) in [7, 11) is 2.41. The highest BCUT2D eigenvalue weighted by molar-refractivity contribution is 5.99. The lowest BCUT2D eigenvalue weighted by Crippen LogP contribution is -2.40. The van der Waals surface area contributed by atoms with Crippen molar-refractivity contribution < 1.29 is 28.6 Å². The smallest absolute Gasteiger partial charge is 0.354 e. The van der Waals surface area contributed by atoms with Gasteiger partial charge in [0, 0.05) is 24.3 Å². The van der Waals surface area contributed by atoms with Gasteiger partial charge in [0.1, 0.15) is 5.70 Å². The second-order valence-corrected chi connectivity index (χ2v) is 5.18. The van der Waals surface area contributed by atoms with Gasteiger partial charge in [0.05, 0.1) is 33.5 Å². The fraction of sp³-hybridized carbons (Fsp3) is 0.353. The molecule has 0 bridgehead atoms. The zero-order valence-electron chi connectivity index (χ0n) is 14.1. The lowest BCUT2D eigenvalue weighted by Gasteiger charge is -2.27. The first-order chi connectivity index (χ1) is 12.0. The van der Waals surface area contributed by atoms with Crippen molar-refractivity contribution in [2.45, 2.75) is 0 Å². The van der Waals surface area contributed by atoms with Gasteiger partial charge in [-0.05, 0) is 18.2 Å². The van der Waals surface area contributed by atoms with Crippen molar-refractivity contribution >= 4 is 23.5 Å². The van der Waals surface area contributed by atoms with Crippen LogP contribution in [0.2, 0.25) is 0 Å². The normalized spacial score (nSPS) is 14.6. The van der Waals surface area contributed by atoms with Crippen LogP contribution < -0.4 is 5.32 Å². The molecule has 1 heterocycles. The van der Waals surface area contributed by atoms with E-state index in [4.69, 9.17) is 4.74 Å². The molecule has 134 valence electrons. The van der Waals surface area contributed by atoms with E-state index in [-0.39, 0.29) is 11.6 Å². The average molecular weight is 348 g/mol. The molecule has 1 N–H and O–H groups in total. The van der Waals surface area contributed by atoms with Crippen molar-refractivity contribution in [3.63, 3.8) is 0 Å². The minimum absolute atomic E-state index is 0.0923. The third-order valence-corrected chi connectivity index (χ3v) is 3.56. The molecular weight excluding hydrogens is 328 g/mol. The van der Waals surface area contributed by atoms with Crippen molar-refractivity contribution in [3.8, 4) is 0 Å². The predicted octanol–water partition coefficient (Wildman–Crippen LogP) is 0.801. The fourth-order valence-corrected chi connectivity index (χ4v) is 2.27. The summed E-state index contributed by atoms with van der Waals surface area (Å²) in [5.74, 6) is -1.55. The summed E-state index contributed by atoms with van der Waals surface area (Å²) in [5, 5.41) is 2.78. The minimum Gasteiger partial charge on any atom is -0.466 e. The molecule has 1 fully saturated rings. The molecule has 0 radical (unpaired) electrons. The van der Waals surface area contributed by atoms with E-state index in [2.05, 4.69) is 14.8 Å². The van der Waals surface area contributed by atoms with Crippen molar-refractivity contribution in [3.05, 3.63) is 41.6 Å². The number of methoxy groups -OCH3 is 2. The van der Waals surface area contributed by atoms with E-state index in [1.54, 1.807) is 29.2 Å². The van der Waals surface area contributed by atoms with Gasteiger partial charge in [0.25, 0.3) is 5.91 Å². The van der Waals surface area contributed by atoms with Crippen molar-refractivity contribution in [2.75, 3.05) is 45.8 Å². The minimum atomic E-state index is -0.727. The fourth-order valence-electron chi connectivity index (χ4n) is 2.27. The predicted molar refractivity (Wildman–Crippen MR) is 88.9 cm³/mol. The van der Waals surface area contributed by atoms with Gasteiger partial charge in [-0.3, -0.25) is 4.79 Å². The molecule has 0 atom stereocenters. The van der Waals surface area contributed by atoms with Crippen LogP contribution >= 0.6 is 0 Å². The summed E-state index contributed by atoms with van der Waals surface area (Å²) in [4.78, 5) is 37.4. The van der Waals surface area contributed by atoms with Crippen LogP contribution in [-0.4, -0.2) is 63.3 Å². The van der Waals surface area contributed by atoms with Crippen LogP contribution in [-0.2, 0) is 23.8 Å². The molecule has 2 rings (SSSR count). The van der Waals surface area contributed by atoms with Crippen LogP contribution in [0.15, 0.2) is 36.0 Å². The van der Waals surface area contributed by atoms with Crippen LogP contribution in [0.4, 0.5) is 5.69 Å². The Hall–Kier alpha value is -2.87. The molecule has 25 heavy (non-hydrogen) atoms. The molecule has 1 amide bonds. The monoisotopic (exact) mass is 348 g/mol. The van der Waals surface area contributed by atoms with Gasteiger partial charge in [-0.1, -0.05) is 6.07 Å². The van der Waals surface area contributed by atoms with Crippen molar-refractivity contribution in [2.24, 2.45) is 0 Å². The zero-order valence-corrected chi connectivity index (χ0v) is 14.1. The summed E-state index contributed by atoms with van der Waals surface area (Å²) >= 11 is 0. The Bertz CT molecular complexity index is 679. The molecule has 1 aromatic carbocycles. The van der Waals surface area contributed by atoms with Crippen LogP contribution in [0.25, 0.3) is 0 Å². The highest BCUT2D eigenvalue weighted by atomic mass is 16.5. The molecule has 0 aliphatic carbocycles. The maximum absolute atomic E-state index is 12.5. The second-order valence-electron chi connectivity index (χ2n) is 5.18. The van der Waals surface area contributed by atoms with E-state index in [0.29, 0.717) is 37.6 Å². The first-order valence-electron chi connectivity index (χ1n) is 7.67. The number of hydrogen-bond donors (Lipinski definition) is 1. The Kier molecular flexibility index (Phi) is 6.53. The van der Waals surface area contributed by atoms with E-state index >= 15 is 0 Å². The van der Waals surface area contributed by atoms with Gasteiger partial charge in [0.2, 0.25) is 0 Å². The summed E-state index contributed by atoms with van der Waals surface area (Å²) in [6.07, 6.45) is 0.988. The maximum Gasteiger partial charge on any atom is 0.354 e. The number of esters is 2. The second kappa shape index (κ2) is 8.84. The number of nitrogens with zero attached hydrogens (tertiary/aromatic N) is 1. The summed E-state index contributed by atoms with van der Waals surface area (Å²) < 4.78 is 14.4. The van der Waals surface area contributed by atoms with Crippen LogP contribution in [0.3, 0.4) is 0 Å². The summed E-state index contributed by atoms with van der Waals surface area (Å²) in [6, 6.07) is 6.64. The van der Waals surface area contributed by atoms with E-state index in [0.717, 1.165) is 6.08 Å². The number of rotatable bonds is 5. The number of morpholine rings is 1. The Morgan fingerprint density at radius 1 is 1.16 bits per heavy atom. The van der Waals surface area contributed by atoms with E-state index < -0.39 is 11.9 Å². The Morgan fingerprint density at radius 2 is 1.88 bits per heavy atom. The SMILES string of the molecule is COC(=O)/C=C(/Nc1cccc(C(=O)N2CCOCC2)c1)C(=O)OC. The van der Waals surface area contributed by atoms with E-state index in [1.165, 1.54) is 14.2 Å². The lowest BCUT2D eigenvalue weighted by molar-refractivity contribution is -0.138. The molecule has 0 saturated carbocycles. The van der Waals surface area contributed by atoms with Gasteiger partial charge >= 0.3 is 11.9 Å². The highest BCUT2D eigenvalue weighted by Crippen LogP contribution is 2.16. The van der Waals surface area contributed by atoms with Gasteiger partial charge in [-0.25, -0.2) is 9.59 Å². The van der Waals surface area contributed by atoms with Crippen LogP contribution in [0.1, 0.15) is 10.4 Å². The third kappa shape index (κ3) is 5.05. The molecule has 0 unspecified atom stereocenters. The zero-order chi connectivity index (χ0) is 18.2. The molecular formula is C17H20N2O6. The molecule has 8 heteroatoms. The molecule has 0 aromatic heterocycles. The van der Waals surface area contributed by atoms with Crippen LogP contribution in [0, 0.1) is 0 Å². The number of carbonyl (C=O) groups is 3. The van der Waals surface area contributed by atoms with E-state index in [1.807, 2.05) is 0 Å². The topological polar surface area (TPSA) is 94.2 Å². The van der Waals surface area contributed by atoms with Gasteiger partial charge in [-0.2, -0.15) is 0 Å². The van der Waals surface area contributed by atoms with Crippen molar-refractivity contribution in [1.29, 1.82) is 0 Å². The number of ether oxygens (including phenoxy) is 3. The summed E-state index contributed by atoms with van der Waals surface area (Å²) in [5.41, 5.74) is 0.846. The number of amides is 1. The standard InChI is InChI=1S/C17H20N2O6/c1-23-15(20)11-14(17(22)24-2)18-13-5-3-4-12(10-13)16(21)19-6-8-25-9-7-19/h3-5,10-11,18H,6-9H2,1-2H3/b14-11+. The van der Waals surface area contributed by atoms with Gasteiger partial charge in [-0.15, -0.1) is 0 Å². The Morgan fingerprint density at radius 3 is 2.52 bits per heavy atom. The average Bonchev–Trinajstić information content (AvgIpc) is 2.67. The molecule has 1 aliphatic rings. The molecule has 1 aliphatic heterocycles. The number of benzene rings is 1. The first kappa shape index (κ1) is 18.5.